The lowest BCUT2D eigenvalue weighted by Gasteiger charge is -1.95. The highest BCUT2D eigenvalue weighted by Crippen LogP contribution is 2.20. The van der Waals surface area contributed by atoms with Crippen molar-refractivity contribution in [1.82, 2.24) is 19.6 Å². The largest absolute Gasteiger partial charge is 0.463 e. The summed E-state index contributed by atoms with van der Waals surface area (Å²) in [7, 11) is 0. The average Bonchev–Trinajstić information content (AvgIpc) is 3.19. The number of rotatable bonds is 4. The van der Waals surface area contributed by atoms with Crippen LogP contribution >= 0.6 is 23.3 Å². The smallest absolute Gasteiger partial charge is 0.277 e. The number of thioether (sulfide) groups is 1. The highest BCUT2D eigenvalue weighted by Gasteiger charge is 2.14. The Morgan fingerprint density at radius 3 is 3.15 bits per heavy atom. The SMILES string of the molecule is CSc1nsc(NC(=O)c2cc(-c3ccco3)[nH]n2)n1. The molecule has 0 aliphatic carbocycles. The first kappa shape index (κ1) is 12.9. The minimum Gasteiger partial charge on any atom is -0.463 e. The van der Waals surface area contributed by atoms with Crippen LogP contribution in [-0.4, -0.2) is 31.7 Å². The van der Waals surface area contributed by atoms with E-state index in [1.807, 2.05) is 6.26 Å². The molecule has 0 saturated heterocycles. The summed E-state index contributed by atoms with van der Waals surface area (Å²) in [6.45, 7) is 0. The van der Waals surface area contributed by atoms with E-state index in [-0.39, 0.29) is 11.6 Å². The summed E-state index contributed by atoms with van der Waals surface area (Å²) in [5.41, 5.74) is 0.902. The van der Waals surface area contributed by atoms with E-state index in [2.05, 4.69) is 24.9 Å². The Kier molecular flexibility index (Phi) is 3.52. The van der Waals surface area contributed by atoms with Crippen molar-refractivity contribution in [3.8, 4) is 11.5 Å². The molecule has 0 radical (unpaired) electrons. The minimum absolute atomic E-state index is 0.261. The molecule has 20 heavy (non-hydrogen) atoms. The molecule has 7 nitrogen and oxygen atoms in total. The number of anilines is 1. The second kappa shape index (κ2) is 5.47. The topological polar surface area (TPSA) is 96.7 Å². The Morgan fingerprint density at radius 2 is 2.45 bits per heavy atom. The van der Waals surface area contributed by atoms with Crippen LogP contribution in [0.15, 0.2) is 34.0 Å². The van der Waals surface area contributed by atoms with Gasteiger partial charge >= 0.3 is 0 Å². The van der Waals surface area contributed by atoms with E-state index >= 15 is 0 Å². The van der Waals surface area contributed by atoms with Crippen molar-refractivity contribution in [2.24, 2.45) is 0 Å². The van der Waals surface area contributed by atoms with Gasteiger partial charge in [0.2, 0.25) is 10.3 Å². The van der Waals surface area contributed by atoms with E-state index < -0.39 is 0 Å². The Balaban J connectivity index is 1.74. The fraction of sp³-hybridized carbons (Fsp3) is 0.0909. The van der Waals surface area contributed by atoms with Gasteiger partial charge in [0.05, 0.1) is 6.26 Å². The number of H-pyrrole nitrogens is 1. The summed E-state index contributed by atoms with van der Waals surface area (Å²) in [6.07, 6.45) is 3.43. The maximum absolute atomic E-state index is 12.0. The average molecular weight is 307 g/mol. The summed E-state index contributed by atoms with van der Waals surface area (Å²) in [6, 6.07) is 5.16. The molecule has 3 rings (SSSR count). The van der Waals surface area contributed by atoms with Gasteiger partial charge in [-0.15, -0.1) is 0 Å². The number of nitrogens with one attached hydrogen (secondary N) is 2. The zero-order valence-electron chi connectivity index (χ0n) is 10.3. The molecular weight excluding hydrogens is 298 g/mol. The minimum atomic E-state index is -0.345. The fourth-order valence-corrected chi connectivity index (χ4v) is 2.62. The standard InChI is InChI=1S/C11H9N5O2S2/c1-19-11-13-10(20-16-11)12-9(17)7-5-6(14-15-7)8-3-2-4-18-8/h2-5H,1H3,(H,14,15)(H,12,13,16,17). The number of furan rings is 1. The zero-order chi connectivity index (χ0) is 13.9. The quantitative estimate of drug-likeness (QED) is 0.719. The molecule has 0 saturated carbocycles. The molecule has 102 valence electrons. The van der Waals surface area contributed by atoms with Gasteiger partial charge in [-0.2, -0.15) is 14.5 Å². The van der Waals surface area contributed by atoms with E-state index in [1.54, 1.807) is 24.5 Å². The molecule has 3 aromatic rings. The van der Waals surface area contributed by atoms with Crippen LogP contribution in [0.2, 0.25) is 0 Å². The molecule has 0 bridgehead atoms. The summed E-state index contributed by atoms with van der Waals surface area (Å²) in [5, 5.41) is 10.4. The van der Waals surface area contributed by atoms with Crippen molar-refractivity contribution in [3.05, 3.63) is 30.2 Å². The third kappa shape index (κ3) is 2.58. The molecule has 0 atom stereocenters. The number of carbonyl (C=O) groups excluding carboxylic acids is 1. The van der Waals surface area contributed by atoms with Gasteiger partial charge in [0.15, 0.2) is 11.5 Å². The molecule has 0 spiro atoms. The molecule has 0 unspecified atom stereocenters. The Bertz CT molecular complexity index is 719. The number of hydrogen-bond donors (Lipinski definition) is 2. The lowest BCUT2D eigenvalue weighted by atomic mass is 10.3. The Labute approximate surface area is 122 Å². The molecule has 0 fully saturated rings. The highest BCUT2D eigenvalue weighted by atomic mass is 32.2. The first-order valence-electron chi connectivity index (χ1n) is 5.54. The monoisotopic (exact) mass is 307 g/mol. The van der Waals surface area contributed by atoms with E-state index in [4.69, 9.17) is 4.42 Å². The lowest BCUT2D eigenvalue weighted by Crippen LogP contribution is -2.12. The maximum atomic E-state index is 12.0. The third-order valence-electron chi connectivity index (χ3n) is 2.41. The first-order valence-corrected chi connectivity index (χ1v) is 7.54. The number of aromatic amines is 1. The van der Waals surface area contributed by atoms with Crippen molar-refractivity contribution in [2.75, 3.05) is 11.6 Å². The van der Waals surface area contributed by atoms with Crippen LogP contribution in [0.25, 0.3) is 11.5 Å². The predicted molar refractivity (Wildman–Crippen MR) is 75.9 cm³/mol. The van der Waals surface area contributed by atoms with Gasteiger partial charge in [-0.3, -0.25) is 15.2 Å². The number of carbonyl (C=O) groups is 1. The van der Waals surface area contributed by atoms with Gasteiger partial charge in [-0.25, -0.2) is 0 Å². The molecule has 3 heterocycles. The van der Waals surface area contributed by atoms with E-state index in [1.165, 1.54) is 11.8 Å². The fourth-order valence-electron chi connectivity index (χ4n) is 1.50. The molecule has 0 aliphatic rings. The second-order valence-electron chi connectivity index (χ2n) is 3.68. The highest BCUT2D eigenvalue weighted by molar-refractivity contribution is 7.98. The van der Waals surface area contributed by atoms with Gasteiger partial charge in [0.1, 0.15) is 5.69 Å². The zero-order valence-corrected chi connectivity index (χ0v) is 11.9. The molecule has 3 aromatic heterocycles. The number of amides is 1. The maximum Gasteiger partial charge on any atom is 0.277 e. The van der Waals surface area contributed by atoms with Crippen LogP contribution in [0.1, 0.15) is 10.5 Å². The van der Waals surface area contributed by atoms with Crippen LogP contribution in [-0.2, 0) is 0 Å². The molecule has 0 aromatic carbocycles. The van der Waals surface area contributed by atoms with Gasteiger partial charge < -0.3 is 4.42 Å². The number of nitrogens with zero attached hydrogens (tertiary/aromatic N) is 3. The van der Waals surface area contributed by atoms with Gasteiger partial charge in [0.25, 0.3) is 5.91 Å². The second-order valence-corrected chi connectivity index (χ2v) is 5.21. The van der Waals surface area contributed by atoms with Crippen LogP contribution in [0.3, 0.4) is 0 Å². The van der Waals surface area contributed by atoms with E-state index in [0.29, 0.717) is 21.7 Å². The van der Waals surface area contributed by atoms with Crippen LogP contribution < -0.4 is 5.32 Å². The van der Waals surface area contributed by atoms with Crippen molar-refractivity contribution < 1.29 is 9.21 Å². The molecule has 1 amide bonds. The molecule has 2 N–H and O–H groups in total. The number of aromatic nitrogens is 4. The summed E-state index contributed by atoms with van der Waals surface area (Å²) >= 11 is 2.55. The van der Waals surface area contributed by atoms with Gasteiger partial charge in [-0.1, -0.05) is 11.8 Å². The van der Waals surface area contributed by atoms with Gasteiger partial charge in [-0.05, 0) is 18.4 Å². The summed E-state index contributed by atoms with van der Waals surface area (Å²) < 4.78 is 9.29. The van der Waals surface area contributed by atoms with E-state index in [9.17, 15) is 4.79 Å². The molecule has 0 aliphatic heterocycles. The first-order chi connectivity index (χ1) is 9.76. The lowest BCUT2D eigenvalue weighted by molar-refractivity contribution is 0.102. The van der Waals surface area contributed by atoms with Crippen molar-refractivity contribution in [3.63, 3.8) is 0 Å². The predicted octanol–water partition coefficient (Wildman–Crippen LogP) is 2.50. The van der Waals surface area contributed by atoms with Gasteiger partial charge in [0, 0.05) is 17.6 Å². The van der Waals surface area contributed by atoms with Crippen LogP contribution in [0, 0.1) is 0 Å². The van der Waals surface area contributed by atoms with Crippen LogP contribution in [0.4, 0.5) is 5.13 Å². The Hall–Kier alpha value is -2.13. The van der Waals surface area contributed by atoms with Crippen LogP contribution in [0.5, 0.6) is 0 Å². The van der Waals surface area contributed by atoms with Crippen molar-refractivity contribution >= 4 is 34.3 Å². The summed E-state index contributed by atoms with van der Waals surface area (Å²) in [4.78, 5) is 16.1. The molecular formula is C11H9N5O2S2. The van der Waals surface area contributed by atoms with E-state index in [0.717, 1.165) is 11.5 Å². The number of hydrogen-bond acceptors (Lipinski definition) is 7. The third-order valence-corrected chi connectivity index (χ3v) is 3.70. The normalized spacial score (nSPS) is 10.7. The summed E-state index contributed by atoms with van der Waals surface area (Å²) in [5.74, 6) is 0.278. The molecule has 9 heteroatoms. The van der Waals surface area contributed by atoms with Crippen molar-refractivity contribution in [2.45, 2.75) is 5.16 Å². The Morgan fingerprint density at radius 1 is 1.55 bits per heavy atom. The van der Waals surface area contributed by atoms with Crippen molar-refractivity contribution in [1.29, 1.82) is 0 Å².